The van der Waals surface area contributed by atoms with Crippen LogP contribution in [0.2, 0.25) is 0 Å². The third-order valence-corrected chi connectivity index (χ3v) is 5.26. The minimum absolute atomic E-state index is 0.306. The molecule has 33 heavy (non-hydrogen) atoms. The first kappa shape index (κ1) is 21.9. The molecule has 1 N–H and O–H groups in total. The van der Waals surface area contributed by atoms with Gasteiger partial charge in [-0.3, -0.25) is 4.79 Å². The number of H-pyrrole nitrogens is 1. The van der Waals surface area contributed by atoms with Gasteiger partial charge in [0.2, 0.25) is 5.78 Å². The van der Waals surface area contributed by atoms with E-state index in [-0.39, 0.29) is 5.78 Å². The van der Waals surface area contributed by atoms with E-state index in [0.717, 1.165) is 10.9 Å². The number of Topliss-reactive ketones (excluding diaryl/α,β-unsaturated/α-hetero) is 1. The number of fused-ring (bicyclic) bond motifs is 1. The molecule has 6 nitrogen and oxygen atoms in total. The summed E-state index contributed by atoms with van der Waals surface area (Å²) < 4.78 is 16.3. The maximum Gasteiger partial charge on any atom is 0.331 e. The second-order valence-electron chi connectivity index (χ2n) is 7.26. The van der Waals surface area contributed by atoms with Gasteiger partial charge in [-0.05, 0) is 18.2 Å². The molecule has 0 aliphatic carbocycles. The summed E-state index contributed by atoms with van der Waals surface area (Å²) in [7, 11) is 3.07. The Labute approximate surface area is 191 Å². The number of esters is 1. The minimum atomic E-state index is -1.09. The van der Waals surface area contributed by atoms with E-state index in [4.69, 9.17) is 14.2 Å². The highest BCUT2D eigenvalue weighted by Crippen LogP contribution is 2.32. The molecule has 0 saturated carbocycles. The van der Waals surface area contributed by atoms with Crippen LogP contribution in [-0.4, -0.2) is 31.0 Å². The maximum absolute atomic E-state index is 13.5. The van der Waals surface area contributed by atoms with Crippen molar-refractivity contribution in [1.82, 2.24) is 4.98 Å². The van der Waals surface area contributed by atoms with Crippen LogP contribution in [0.25, 0.3) is 17.0 Å². The van der Waals surface area contributed by atoms with Gasteiger partial charge < -0.3 is 19.2 Å². The van der Waals surface area contributed by atoms with Crippen molar-refractivity contribution in [1.29, 1.82) is 0 Å². The van der Waals surface area contributed by atoms with Crippen LogP contribution in [0.4, 0.5) is 0 Å². The molecule has 1 heterocycles. The Morgan fingerprint density at radius 1 is 0.879 bits per heavy atom. The first-order valence-corrected chi connectivity index (χ1v) is 10.4. The zero-order chi connectivity index (χ0) is 23.2. The molecule has 1 atom stereocenters. The molecule has 4 rings (SSSR count). The lowest BCUT2D eigenvalue weighted by atomic mass is 9.99. The monoisotopic (exact) mass is 441 g/mol. The van der Waals surface area contributed by atoms with E-state index in [1.165, 1.54) is 13.2 Å². The molecule has 6 heteroatoms. The van der Waals surface area contributed by atoms with Gasteiger partial charge in [-0.2, -0.15) is 0 Å². The summed E-state index contributed by atoms with van der Waals surface area (Å²) >= 11 is 0. The Morgan fingerprint density at radius 2 is 1.64 bits per heavy atom. The second kappa shape index (κ2) is 9.87. The zero-order valence-corrected chi connectivity index (χ0v) is 18.3. The smallest absolute Gasteiger partial charge is 0.331 e. The lowest BCUT2D eigenvalue weighted by Gasteiger charge is -2.16. The van der Waals surface area contributed by atoms with E-state index >= 15 is 0 Å². The van der Waals surface area contributed by atoms with Crippen molar-refractivity contribution in [2.45, 2.75) is 6.10 Å². The average Bonchev–Trinajstić information content (AvgIpc) is 3.30. The normalized spacial score (nSPS) is 11.9. The van der Waals surface area contributed by atoms with Crippen LogP contribution in [0.1, 0.15) is 27.6 Å². The van der Waals surface area contributed by atoms with Crippen molar-refractivity contribution >= 4 is 28.7 Å². The summed E-state index contributed by atoms with van der Waals surface area (Å²) in [6.07, 6.45) is 3.40. The van der Waals surface area contributed by atoms with Gasteiger partial charge in [0, 0.05) is 39.9 Å². The van der Waals surface area contributed by atoms with Gasteiger partial charge in [0.1, 0.15) is 0 Å². The lowest BCUT2D eigenvalue weighted by molar-refractivity contribution is -0.141. The van der Waals surface area contributed by atoms with Crippen LogP contribution in [0.5, 0.6) is 11.5 Å². The second-order valence-corrected chi connectivity index (χ2v) is 7.26. The summed E-state index contributed by atoms with van der Waals surface area (Å²) in [6.45, 7) is 0. The Hall–Kier alpha value is -4.32. The minimum Gasteiger partial charge on any atom is -0.493 e. The van der Waals surface area contributed by atoms with E-state index in [1.807, 2.05) is 30.3 Å². The average molecular weight is 441 g/mol. The van der Waals surface area contributed by atoms with E-state index in [2.05, 4.69) is 4.98 Å². The van der Waals surface area contributed by atoms with Crippen LogP contribution in [0.3, 0.4) is 0 Å². The SMILES string of the molecule is COc1cccc(C=CC(=O)OC(C(=O)c2c[nH]c3ccccc23)c2ccccc2)c1OC. The predicted molar refractivity (Wildman–Crippen MR) is 126 cm³/mol. The summed E-state index contributed by atoms with van der Waals surface area (Å²) in [4.78, 5) is 29.3. The standard InChI is InChI=1S/C27H23NO5/c1-31-23-14-8-11-19(26(23)32-2)15-16-24(29)33-27(18-9-4-3-5-10-18)25(30)21-17-28-22-13-7-6-12-20(21)22/h3-17,27-28H,1-2H3. The van der Waals surface area contributed by atoms with Gasteiger partial charge in [0.05, 0.1) is 14.2 Å². The number of benzene rings is 3. The molecule has 0 aliphatic rings. The van der Waals surface area contributed by atoms with Crippen LogP contribution >= 0.6 is 0 Å². The number of ketones is 1. The number of methoxy groups -OCH3 is 2. The van der Waals surface area contributed by atoms with E-state index in [9.17, 15) is 9.59 Å². The maximum atomic E-state index is 13.5. The number of ether oxygens (including phenoxy) is 3. The number of aromatic amines is 1. The number of hydrogen-bond donors (Lipinski definition) is 1. The first-order valence-electron chi connectivity index (χ1n) is 10.4. The Morgan fingerprint density at radius 3 is 2.39 bits per heavy atom. The highest BCUT2D eigenvalue weighted by molar-refractivity contribution is 6.10. The molecule has 3 aromatic carbocycles. The number of carbonyl (C=O) groups is 2. The molecule has 0 spiro atoms. The molecule has 166 valence electrons. The fraction of sp³-hybridized carbons (Fsp3) is 0.111. The van der Waals surface area contributed by atoms with Gasteiger partial charge in [-0.25, -0.2) is 4.79 Å². The summed E-state index contributed by atoms with van der Waals surface area (Å²) in [6, 6.07) is 21.8. The number of aromatic nitrogens is 1. The van der Waals surface area contributed by atoms with Crippen molar-refractivity contribution in [2.75, 3.05) is 14.2 Å². The van der Waals surface area contributed by atoms with Crippen molar-refractivity contribution in [3.8, 4) is 11.5 Å². The van der Waals surface area contributed by atoms with Crippen LogP contribution in [-0.2, 0) is 9.53 Å². The Balaban J connectivity index is 1.62. The van der Waals surface area contributed by atoms with Crippen molar-refractivity contribution in [3.63, 3.8) is 0 Å². The van der Waals surface area contributed by atoms with E-state index in [0.29, 0.717) is 28.2 Å². The number of para-hydroxylation sites is 2. The number of nitrogens with one attached hydrogen (secondary N) is 1. The van der Waals surface area contributed by atoms with Gasteiger partial charge in [-0.15, -0.1) is 0 Å². The molecule has 0 fully saturated rings. The van der Waals surface area contributed by atoms with Crippen molar-refractivity contribution < 1.29 is 23.8 Å². The number of hydrogen-bond acceptors (Lipinski definition) is 5. The van der Waals surface area contributed by atoms with Crippen molar-refractivity contribution in [3.05, 3.63) is 102 Å². The molecule has 0 radical (unpaired) electrons. The predicted octanol–water partition coefficient (Wildman–Crippen LogP) is 5.37. The fourth-order valence-electron chi connectivity index (χ4n) is 3.67. The Kier molecular flexibility index (Phi) is 6.55. The molecule has 0 saturated heterocycles. The molecule has 0 aliphatic heterocycles. The van der Waals surface area contributed by atoms with Crippen molar-refractivity contribution in [2.24, 2.45) is 0 Å². The van der Waals surface area contributed by atoms with Gasteiger partial charge in [0.15, 0.2) is 17.6 Å². The molecule has 1 aromatic heterocycles. The number of rotatable bonds is 8. The van der Waals surface area contributed by atoms with Gasteiger partial charge in [0.25, 0.3) is 0 Å². The molecule has 0 bridgehead atoms. The van der Waals surface area contributed by atoms with E-state index in [1.54, 1.807) is 61.8 Å². The van der Waals surface area contributed by atoms with E-state index < -0.39 is 12.1 Å². The summed E-state index contributed by atoms with van der Waals surface area (Å²) in [5.74, 6) is 0.0875. The molecular weight excluding hydrogens is 418 g/mol. The van der Waals surface area contributed by atoms with Gasteiger partial charge >= 0.3 is 5.97 Å². The third-order valence-electron chi connectivity index (χ3n) is 5.26. The third kappa shape index (κ3) is 4.65. The molecular formula is C27H23NO5. The molecule has 4 aromatic rings. The summed E-state index contributed by atoms with van der Waals surface area (Å²) in [5, 5.41) is 0.774. The summed E-state index contributed by atoms with van der Waals surface area (Å²) in [5.41, 5.74) is 2.54. The van der Waals surface area contributed by atoms with Crippen LogP contribution in [0, 0.1) is 0 Å². The first-order chi connectivity index (χ1) is 16.1. The van der Waals surface area contributed by atoms with Crippen LogP contribution < -0.4 is 9.47 Å². The van der Waals surface area contributed by atoms with Crippen LogP contribution in [0.15, 0.2) is 85.1 Å². The topological polar surface area (TPSA) is 77.6 Å². The lowest BCUT2D eigenvalue weighted by Crippen LogP contribution is -2.19. The van der Waals surface area contributed by atoms with Gasteiger partial charge in [-0.1, -0.05) is 60.7 Å². The molecule has 0 amide bonds. The Bertz CT molecular complexity index is 1310. The molecule has 1 unspecified atom stereocenters. The largest absolute Gasteiger partial charge is 0.493 e. The number of carbonyl (C=O) groups excluding carboxylic acids is 2. The quantitative estimate of drug-likeness (QED) is 0.226. The highest BCUT2D eigenvalue weighted by atomic mass is 16.5. The highest BCUT2D eigenvalue weighted by Gasteiger charge is 2.27. The fourth-order valence-corrected chi connectivity index (χ4v) is 3.67. The zero-order valence-electron chi connectivity index (χ0n) is 18.3.